The number of aromatic nitrogens is 1. The smallest absolute Gasteiger partial charge is 0.237 e. The van der Waals surface area contributed by atoms with E-state index < -0.39 is 0 Å². The fraction of sp³-hybridized carbons (Fsp3) is 0.538. The SMILES string of the molecule is Cl.Cl.O=C(NCCc1cccnc1)[C@@H]1CCCCN1. The molecule has 19 heavy (non-hydrogen) atoms. The minimum Gasteiger partial charge on any atom is -0.354 e. The van der Waals surface area contributed by atoms with E-state index in [1.165, 1.54) is 6.42 Å². The van der Waals surface area contributed by atoms with Crippen LogP contribution in [0.2, 0.25) is 0 Å². The van der Waals surface area contributed by atoms with Crippen molar-refractivity contribution in [2.45, 2.75) is 31.7 Å². The lowest BCUT2D eigenvalue weighted by Gasteiger charge is -2.22. The third-order valence-electron chi connectivity index (χ3n) is 3.06. The first-order valence-corrected chi connectivity index (χ1v) is 6.26. The minimum absolute atomic E-state index is 0. The average Bonchev–Trinajstić information content (AvgIpc) is 2.41. The monoisotopic (exact) mass is 305 g/mol. The Hall–Kier alpha value is -0.840. The van der Waals surface area contributed by atoms with E-state index in [9.17, 15) is 4.79 Å². The molecule has 0 radical (unpaired) electrons. The highest BCUT2D eigenvalue weighted by atomic mass is 35.5. The van der Waals surface area contributed by atoms with Crippen molar-refractivity contribution in [3.8, 4) is 0 Å². The first kappa shape index (κ1) is 18.2. The minimum atomic E-state index is 0. The van der Waals surface area contributed by atoms with Crippen LogP contribution >= 0.6 is 24.8 Å². The predicted octanol–water partition coefficient (Wildman–Crippen LogP) is 1.73. The van der Waals surface area contributed by atoms with Crippen molar-refractivity contribution >= 4 is 30.7 Å². The molecule has 1 aliphatic heterocycles. The van der Waals surface area contributed by atoms with E-state index in [0.29, 0.717) is 6.54 Å². The zero-order chi connectivity index (χ0) is 11.9. The summed E-state index contributed by atoms with van der Waals surface area (Å²) in [6.07, 6.45) is 7.72. The second kappa shape index (κ2) is 10.0. The fourth-order valence-electron chi connectivity index (χ4n) is 2.07. The van der Waals surface area contributed by atoms with Crippen molar-refractivity contribution in [1.82, 2.24) is 15.6 Å². The molecule has 1 aromatic heterocycles. The molecule has 108 valence electrons. The maximum absolute atomic E-state index is 11.8. The Labute approximate surface area is 126 Å². The van der Waals surface area contributed by atoms with Crippen LogP contribution in [0.3, 0.4) is 0 Å². The summed E-state index contributed by atoms with van der Waals surface area (Å²) in [7, 11) is 0. The zero-order valence-electron chi connectivity index (χ0n) is 10.8. The Morgan fingerprint density at radius 3 is 2.89 bits per heavy atom. The molecule has 1 aliphatic rings. The summed E-state index contributed by atoms with van der Waals surface area (Å²) in [6.45, 7) is 1.64. The van der Waals surface area contributed by atoms with Crippen molar-refractivity contribution in [2.75, 3.05) is 13.1 Å². The molecule has 0 aliphatic carbocycles. The molecule has 1 atom stereocenters. The van der Waals surface area contributed by atoms with Gasteiger partial charge in [0.2, 0.25) is 5.91 Å². The Morgan fingerprint density at radius 1 is 1.42 bits per heavy atom. The van der Waals surface area contributed by atoms with E-state index in [1.54, 1.807) is 6.20 Å². The molecule has 0 unspecified atom stereocenters. The van der Waals surface area contributed by atoms with Gasteiger partial charge in [-0.2, -0.15) is 0 Å². The third-order valence-corrected chi connectivity index (χ3v) is 3.06. The van der Waals surface area contributed by atoms with Gasteiger partial charge < -0.3 is 10.6 Å². The van der Waals surface area contributed by atoms with Crippen molar-refractivity contribution < 1.29 is 4.79 Å². The maximum Gasteiger partial charge on any atom is 0.237 e. The molecule has 0 bridgehead atoms. The highest BCUT2D eigenvalue weighted by molar-refractivity contribution is 5.85. The first-order chi connectivity index (χ1) is 8.36. The predicted molar refractivity (Wildman–Crippen MR) is 81.1 cm³/mol. The molecule has 1 aromatic rings. The Kier molecular flexibility index (Phi) is 9.57. The van der Waals surface area contributed by atoms with Crippen LogP contribution in [0, 0.1) is 0 Å². The number of piperidine rings is 1. The van der Waals surface area contributed by atoms with Crippen molar-refractivity contribution in [2.24, 2.45) is 0 Å². The third kappa shape index (κ3) is 6.23. The number of rotatable bonds is 4. The number of hydrogen-bond donors (Lipinski definition) is 2. The first-order valence-electron chi connectivity index (χ1n) is 6.26. The number of nitrogens with zero attached hydrogens (tertiary/aromatic N) is 1. The Balaban J connectivity index is 0.00000162. The van der Waals surface area contributed by atoms with Gasteiger partial charge in [-0.05, 0) is 37.4 Å². The second-order valence-corrected chi connectivity index (χ2v) is 4.40. The maximum atomic E-state index is 11.8. The fourth-order valence-corrected chi connectivity index (χ4v) is 2.07. The van der Waals surface area contributed by atoms with Gasteiger partial charge in [0.1, 0.15) is 0 Å². The van der Waals surface area contributed by atoms with Crippen LogP contribution in [0.25, 0.3) is 0 Å². The van der Waals surface area contributed by atoms with Crippen LogP contribution in [0.5, 0.6) is 0 Å². The van der Waals surface area contributed by atoms with Crippen molar-refractivity contribution in [1.29, 1.82) is 0 Å². The normalized spacial score (nSPS) is 17.8. The number of pyridine rings is 1. The van der Waals surface area contributed by atoms with Crippen LogP contribution in [0.15, 0.2) is 24.5 Å². The number of nitrogens with one attached hydrogen (secondary N) is 2. The lowest BCUT2D eigenvalue weighted by atomic mass is 10.0. The van der Waals surface area contributed by atoms with Crippen LogP contribution in [0.4, 0.5) is 0 Å². The van der Waals surface area contributed by atoms with Gasteiger partial charge in [-0.15, -0.1) is 24.8 Å². The molecule has 0 aromatic carbocycles. The molecule has 2 rings (SSSR count). The molecular formula is C13H21Cl2N3O. The number of carbonyl (C=O) groups is 1. The summed E-state index contributed by atoms with van der Waals surface area (Å²) in [5.41, 5.74) is 1.16. The van der Waals surface area contributed by atoms with E-state index in [2.05, 4.69) is 15.6 Å². The van der Waals surface area contributed by atoms with E-state index in [0.717, 1.165) is 31.4 Å². The molecule has 1 saturated heterocycles. The van der Waals surface area contributed by atoms with Crippen LogP contribution in [0.1, 0.15) is 24.8 Å². The lowest BCUT2D eigenvalue weighted by Crippen LogP contribution is -2.47. The Bertz CT molecular complexity index is 356. The van der Waals surface area contributed by atoms with Crippen LogP contribution in [-0.2, 0) is 11.2 Å². The molecule has 0 saturated carbocycles. The summed E-state index contributed by atoms with van der Waals surface area (Å²) < 4.78 is 0. The van der Waals surface area contributed by atoms with E-state index in [4.69, 9.17) is 0 Å². The van der Waals surface area contributed by atoms with E-state index in [1.807, 2.05) is 18.3 Å². The van der Waals surface area contributed by atoms with Crippen LogP contribution < -0.4 is 10.6 Å². The van der Waals surface area contributed by atoms with Crippen LogP contribution in [-0.4, -0.2) is 30.0 Å². The van der Waals surface area contributed by atoms with Gasteiger partial charge in [0.15, 0.2) is 0 Å². The average molecular weight is 306 g/mol. The molecular weight excluding hydrogens is 285 g/mol. The number of hydrogen-bond acceptors (Lipinski definition) is 3. The second-order valence-electron chi connectivity index (χ2n) is 4.40. The molecule has 6 heteroatoms. The summed E-state index contributed by atoms with van der Waals surface area (Å²) in [5.74, 6) is 0.133. The summed E-state index contributed by atoms with van der Waals surface area (Å²) in [5, 5.41) is 6.21. The van der Waals surface area contributed by atoms with Gasteiger partial charge in [0.25, 0.3) is 0 Å². The highest BCUT2D eigenvalue weighted by Crippen LogP contribution is 2.06. The largest absolute Gasteiger partial charge is 0.354 e. The molecule has 1 fully saturated rings. The van der Waals surface area contributed by atoms with Gasteiger partial charge in [0, 0.05) is 18.9 Å². The van der Waals surface area contributed by atoms with Gasteiger partial charge in [-0.3, -0.25) is 9.78 Å². The summed E-state index contributed by atoms with van der Waals surface area (Å²) >= 11 is 0. The zero-order valence-corrected chi connectivity index (χ0v) is 12.4. The standard InChI is InChI=1S/C13H19N3O.2ClH/c17-13(12-5-1-2-8-15-12)16-9-6-11-4-3-7-14-10-11;;/h3-4,7,10,12,15H,1-2,5-6,8-9H2,(H,16,17);2*1H/t12-;;/m0../s1. The van der Waals surface area contributed by atoms with Gasteiger partial charge in [-0.25, -0.2) is 0 Å². The van der Waals surface area contributed by atoms with Crippen molar-refractivity contribution in [3.05, 3.63) is 30.1 Å². The lowest BCUT2D eigenvalue weighted by molar-refractivity contribution is -0.123. The highest BCUT2D eigenvalue weighted by Gasteiger charge is 2.19. The quantitative estimate of drug-likeness (QED) is 0.891. The van der Waals surface area contributed by atoms with Gasteiger partial charge in [0.05, 0.1) is 6.04 Å². The van der Waals surface area contributed by atoms with Crippen molar-refractivity contribution in [3.63, 3.8) is 0 Å². The molecule has 0 spiro atoms. The summed E-state index contributed by atoms with van der Waals surface area (Å²) in [4.78, 5) is 15.8. The van der Waals surface area contributed by atoms with Gasteiger partial charge in [-0.1, -0.05) is 12.5 Å². The molecule has 4 nitrogen and oxygen atoms in total. The summed E-state index contributed by atoms with van der Waals surface area (Å²) in [6, 6.07) is 3.95. The molecule has 2 heterocycles. The number of halogens is 2. The van der Waals surface area contributed by atoms with E-state index >= 15 is 0 Å². The van der Waals surface area contributed by atoms with Gasteiger partial charge >= 0.3 is 0 Å². The number of carbonyl (C=O) groups excluding carboxylic acids is 1. The van der Waals surface area contributed by atoms with E-state index in [-0.39, 0.29) is 36.8 Å². The molecule has 1 amide bonds. The Morgan fingerprint density at radius 2 is 2.26 bits per heavy atom. The molecule has 2 N–H and O–H groups in total. The number of amides is 1. The topological polar surface area (TPSA) is 54.0 Å².